The third-order valence-electron chi connectivity index (χ3n) is 7.10. The summed E-state index contributed by atoms with van der Waals surface area (Å²) < 4.78 is 42.7. The predicted octanol–water partition coefficient (Wildman–Crippen LogP) is 3.93. The number of hydrogen-bond donors (Lipinski definition) is 2. The lowest BCUT2D eigenvalue weighted by Gasteiger charge is -2.26. The highest BCUT2D eigenvalue weighted by molar-refractivity contribution is 7.90. The number of H-pyrrole nitrogens is 1. The Labute approximate surface area is 230 Å². The van der Waals surface area contributed by atoms with Gasteiger partial charge in [0.1, 0.15) is 11.6 Å². The van der Waals surface area contributed by atoms with Gasteiger partial charge in [-0.05, 0) is 38.0 Å². The second kappa shape index (κ2) is 12.9. The van der Waals surface area contributed by atoms with E-state index in [0.717, 1.165) is 25.1 Å². The van der Waals surface area contributed by atoms with Gasteiger partial charge in [-0.25, -0.2) is 9.50 Å². The average molecular weight is 561 g/mol. The van der Waals surface area contributed by atoms with Crippen molar-refractivity contribution >= 4 is 21.4 Å². The summed E-state index contributed by atoms with van der Waals surface area (Å²) in [5.74, 6) is 1.96. The monoisotopic (exact) mass is 560 g/mol. The molecular formula is C27H40N6O5S. The minimum atomic E-state index is -3.78. The lowest BCUT2D eigenvalue weighted by molar-refractivity contribution is 0.0733. The van der Waals surface area contributed by atoms with Gasteiger partial charge in [0.2, 0.25) is 0 Å². The Kier molecular flexibility index (Phi) is 9.62. The molecule has 3 heterocycles. The number of aryl methyl sites for hydroxylation is 1. The zero-order valence-corrected chi connectivity index (χ0v) is 24.1. The number of nitrogens with one attached hydrogen (secondary N) is 2. The molecule has 11 nitrogen and oxygen atoms in total. The molecule has 0 aliphatic carbocycles. The zero-order valence-electron chi connectivity index (χ0n) is 23.3. The molecule has 1 atom stereocenters. The number of anilines is 1. The largest absolute Gasteiger partial charge is 0.493 e. The van der Waals surface area contributed by atoms with Crippen molar-refractivity contribution in [3.8, 4) is 17.1 Å². The molecule has 12 heteroatoms. The van der Waals surface area contributed by atoms with Gasteiger partial charge in [-0.3, -0.25) is 9.52 Å². The number of unbranched alkanes of at least 4 members (excludes halogenated alkanes) is 2. The highest BCUT2D eigenvalue weighted by atomic mass is 32.2. The van der Waals surface area contributed by atoms with E-state index in [1.54, 1.807) is 22.7 Å². The first-order chi connectivity index (χ1) is 18.8. The smallest absolute Gasteiger partial charge is 0.301 e. The highest BCUT2D eigenvalue weighted by Gasteiger charge is 2.25. The number of nitrogens with zero attached hydrogens (tertiary/aromatic N) is 4. The topological polar surface area (TPSA) is 131 Å². The summed E-state index contributed by atoms with van der Waals surface area (Å²) in [5.41, 5.74) is 1.55. The molecule has 214 valence electrons. The van der Waals surface area contributed by atoms with Crippen LogP contribution in [0.4, 0.5) is 5.69 Å². The molecule has 3 aromatic rings. The molecule has 2 N–H and O–H groups in total. The van der Waals surface area contributed by atoms with Gasteiger partial charge in [-0.15, -0.1) is 5.10 Å². The van der Waals surface area contributed by atoms with Crippen LogP contribution in [0, 0.1) is 12.8 Å². The molecule has 1 aliphatic rings. The van der Waals surface area contributed by atoms with Crippen molar-refractivity contribution in [1.29, 1.82) is 0 Å². The van der Waals surface area contributed by atoms with Crippen LogP contribution in [0.2, 0.25) is 0 Å². The Hall–Kier alpha value is -2.96. The standard InChI is InChI=1S/C27H40N6O5S/c1-5-8-9-10-20(6-2)17-24-28-19(4)25-27(34)29-26(30-33(24)25)22-18-21(11-12-23(22)38-7-3)31-39(35,36)32-13-15-37-16-14-32/h11-12,18,20,31H,5-10,13-17H2,1-4H3,(H,29,30,34). The molecule has 1 aromatic carbocycles. The number of hydrogen-bond acceptors (Lipinski definition) is 7. The van der Waals surface area contributed by atoms with E-state index in [2.05, 4.69) is 23.6 Å². The predicted molar refractivity (Wildman–Crippen MR) is 152 cm³/mol. The Morgan fingerprint density at radius 2 is 1.95 bits per heavy atom. The summed E-state index contributed by atoms with van der Waals surface area (Å²) in [6.07, 6.45) is 6.39. The Balaban J connectivity index is 1.72. The van der Waals surface area contributed by atoms with E-state index in [1.165, 1.54) is 23.6 Å². The van der Waals surface area contributed by atoms with Crippen LogP contribution in [0.5, 0.6) is 5.75 Å². The van der Waals surface area contributed by atoms with Crippen LogP contribution in [-0.4, -0.2) is 65.2 Å². The van der Waals surface area contributed by atoms with E-state index >= 15 is 0 Å². The minimum Gasteiger partial charge on any atom is -0.493 e. The molecule has 0 spiro atoms. The lowest BCUT2D eigenvalue weighted by atomic mass is 9.95. The quantitative estimate of drug-likeness (QED) is 0.303. The maximum absolute atomic E-state index is 13.2. The van der Waals surface area contributed by atoms with Crippen molar-refractivity contribution in [2.45, 2.75) is 66.2 Å². The van der Waals surface area contributed by atoms with E-state index in [4.69, 9.17) is 19.6 Å². The van der Waals surface area contributed by atoms with Crippen LogP contribution in [0.1, 0.15) is 64.4 Å². The first kappa shape index (κ1) is 29.0. The second-order valence-electron chi connectivity index (χ2n) is 9.91. The molecule has 1 fully saturated rings. The van der Waals surface area contributed by atoms with Crippen LogP contribution in [0.15, 0.2) is 23.0 Å². The maximum Gasteiger partial charge on any atom is 0.301 e. The fourth-order valence-corrected chi connectivity index (χ4v) is 6.13. The second-order valence-corrected chi connectivity index (χ2v) is 11.6. The van der Waals surface area contributed by atoms with E-state index in [9.17, 15) is 13.2 Å². The van der Waals surface area contributed by atoms with Crippen molar-refractivity contribution in [2.75, 3.05) is 37.6 Å². The van der Waals surface area contributed by atoms with Crippen molar-refractivity contribution in [3.63, 3.8) is 0 Å². The number of rotatable bonds is 13. The summed E-state index contributed by atoms with van der Waals surface area (Å²) in [6.45, 7) is 9.72. The van der Waals surface area contributed by atoms with Crippen molar-refractivity contribution in [1.82, 2.24) is 23.9 Å². The summed E-state index contributed by atoms with van der Waals surface area (Å²) in [7, 11) is -3.78. The summed E-state index contributed by atoms with van der Waals surface area (Å²) in [6, 6.07) is 4.95. The van der Waals surface area contributed by atoms with Gasteiger partial charge in [0, 0.05) is 19.5 Å². The van der Waals surface area contributed by atoms with Crippen molar-refractivity contribution in [3.05, 3.63) is 40.1 Å². The van der Waals surface area contributed by atoms with Gasteiger partial charge in [0.05, 0.1) is 36.8 Å². The number of ether oxygens (including phenoxy) is 2. The van der Waals surface area contributed by atoms with Crippen molar-refractivity contribution in [2.24, 2.45) is 5.92 Å². The first-order valence-corrected chi connectivity index (χ1v) is 15.3. The summed E-state index contributed by atoms with van der Waals surface area (Å²) >= 11 is 0. The van der Waals surface area contributed by atoms with Gasteiger partial charge in [-0.2, -0.15) is 12.7 Å². The third kappa shape index (κ3) is 6.79. The van der Waals surface area contributed by atoms with E-state index in [1.807, 2.05) is 13.8 Å². The van der Waals surface area contributed by atoms with Crippen molar-refractivity contribution < 1.29 is 17.9 Å². The fraction of sp³-hybridized carbons (Fsp3) is 0.593. The number of morpholine rings is 1. The van der Waals surface area contributed by atoms with E-state index in [-0.39, 0.29) is 24.5 Å². The van der Waals surface area contributed by atoms with Crippen LogP contribution in [0.25, 0.3) is 16.9 Å². The first-order valence-electron chi connectivity index (χ1n) is 13.9. The number of fused-ring (bicyclic) bond motifs is 1. The molecule has 1 unspecified atom stereocenters. The van der Waals surface area contributed by atoms with Gasteiger partial charge in [0.25, 0.3) is 5.56 Å². The molecule has 0 amide bonds. The van der Waals surface area contributed by atoms with Crippen LogP contribution in [0.3, 0.4) is 0 Å². The summed E-state index contributed by atoms with van der Waals surface area (Å²) in [4.78, 5) is 20.8. The third-order valence-corrected chi connectivity index (χ3v) is 8.64. The molecule has 0 radical (unpaired) electrons. The van der Waals surface area contributed by atoms with Crippen LogP contribution in [-0.2, 0) is 21.4 Å². The Bertz CT molecular complexity index is 1430. The lowest BCUT2D eigenvalue weighted by Crippen LogP contribution is -2.43. The average Bonchev–Trinajstić information content (AvgIpc) is 3.24. The van der Waals surface area contributed by atoms with Crippen LogP contribution < -0.4 is 15.0 Å². The Morgan fingerprint density at radius 1 is 1.18 bits per heavy atom. The van der Waals surface area contributed by atoms with E-state index < -0.39 is 10.2 Å². The summed E-state index contributed by atoms with van der Waals surface area (Å²) in [5, 5.41) is 4.80. The molecule has 2 aromatic heterocycles. The Morgan fingerprint density at radius 3 is 2.64 bits per heavy atom. The fourth-order valence-electron chi connectivity index (χ4n) is 4.94. The molecule has 0 saturated carbocycles. The number of aromatic amines is 1. The highest BCUT2D eigenvalue weighted by Crippen LogP contribution is 2.31. The van der Waals surface area contributed by atoms with E-state index in [0.29, 0.717) is 53.9 Å². The van der Waals surface area contributed by atoms with Gasteiger partial charge >= 0.3 is 10.2 Å². The normalized spacial score (nSPS) is 15.5. The number of aromatic nitrogens is 4. The molecule has 1 saturated heterocycles. The number of imidazole rings is 1. The zero-order chi connectivity index (χ0) is 28.0. The molecule has 4 rings (SSSR count). The molecule has 0 bridgehead atoms. The molecular weight excluding hydrogens is 520 g/mol. The van der Waals surface area contributed by atoms with Crippen LogP contribution >= 0.6 is 0 Å². The molecule has 1 aliphatic heterocycles. The number of benzene rings is 1. The molecule has 39 heavy (non-hydrogen) atoms. The van der Waals surface area contributed by atoms with Gasteiger partial charge < -0.3 is 14.5 Å². The minimum absolute atomic E-state index is 0.279. The van der Waals surface area contributed by atoms with Gasteiger partial charge in [-0.1, -0.05) is 46.0 Å². The van der Waals surface area contributed by atoms with Gasteiger partial charge in [0.15, 0.2) is 11.3 Å². The maximum atomic E-state index is 13.2. The SMILES string of the molecule is CCCCCC(CC)Cc1nc(C)c2c(=O)[nH]c(-c3cc(NS(=O)(=O)N4CCOCC4)ccc3OCC)nn12.